The standard InChI is InChI=1S/C18H13F2N3O2S/c19-10-6-2-1-5-9(10)15(24)16-14(21)13(17(22)25)18(26-16)23-12-8-4-3-7-11(12)20/h1-8,23H,21H2,(H2,22,25). The van der Waals surface area contributed by atoms with E-state index in [0.29, 0.717) is 0 Å². The maximum Gasteiger partial charge on any atom is 0.253 e. The Bertz CT molecular complexity index is 1020. The first-order chi connectivity index (χ1) is 12.4. The van der Waals surface area contributed by atoms with Gasteiger partial charge in [0.1, 0.15) is 21.5 Å². The van der Waals surface area contributed by atoms with Crippen LogP contribution in [-0.2, 0) is 0 Å². The fraction of sp³-hybridized carbons (Fsp3) is 0. The summed E-state index contributed by atoms with van der Waals surface area (Å²) in [5, 5.41) is 2.83. The van der Waals surface area contributed by atoms with Gasteiger partial charge < -0.3 is 16.8 Å². The third kappa shape index (κ3) is 3.14. The van der Waals surface area contributed by atoms with Crippen molar-refractivity contribution < 1.29 is 18.4 Å². The molecule has 0 aliphatic rings. The van der Waals surface area contributed by atoms with Gasteiger partial charge in [-0.1, -0.05) is 24.3 Å². The maximum atomic E-state index is 13.9. The lowest BCUT2D eigenvalue weighted by Gasteiger charge is -2.06. The zero-order valence-corrected chi connectivity index (χ0v) is 14.1. The van der Waals surface area contributed by atoms with Crippen LogP contribution in [-0.4, -0.2) is 11.7 Å². The van der Waals surface area contributed by atoms with E-state index in [1.54, 1.807) is 6.07 Å². The number of nitrogens with one attached hydrogen (secondary N) is 1. The fourth-order valence-corrected chi connectivity index (χ4v) is 3.49. The predicted octanol–water partition coefficient (Wildman–Crippen LogP) is 3.68. The normalized spacial score (nSPS) is 10.5. The number of amides is 1. The van der Waals surface area contributed by atoms with Gasteiger partial charge in [0, 0.05) is 0 Å². The minimum atomic E-state index is -0.884. The summed E-state index contributed by atoms with van der Waals surface area (Å²) in [6, 6.07) is 11.2. The zero-order chi connectivity index (χ0) is 18.8. The molecule has 0 saturated heterocycles. The van der Waals surface area contributed by atoms with Crippen molar-refractivity contribution in [2.45, 2.75) is 0 Å². The highest BCUT2D eigenvalue weighted by Gasteiger charge is 2.26. The van der Waals surface area contributed by atoms with Crippen LogP contribution in [0.4, 0.5) is 25.2 Å². The van der Waals surface area contributed by atoms with E-state index in [9.17, 15) is 18.4 Å². The number of nitrogens with two attached hydrogens (primary N) is 2. The van der Waals surface area contributed by atoms with Crippen molar-refractivity contribution in [3.05, 3.63) is 76.2 Å². The number of rotatable bonds is 5. The van der Waals surface area contributed by atoms with Gasteiger partial charge in [-0.15, -0.1) is 11.3 Å². The number of hydrogen-bond donors (Lipinski definition) is 3. The summed E-state index contributed by atoms with van der Waals surface area (Å²) >= 11 is 0.810. The highest BCUT2D eigenvalue weighted by atomic mass is 32.1. The smallest absolute Gasteiger partial charge is 0.253 e. The van der Waals surface area contributed by atoms with E-state index in [-0.39, 0.29) is 32.4 Å². The van der Waals surface area contributed by atoms with E-state index >= 15 is 0 Å². The molecule has 0 atom stereocenters. The van der Waals surface area contributed by atoms with Crippen LogP contribution in [0.5, 0.6) is 0 Å². The first-order valence-corrected chi connectivity index (χ1v) is 8.24. The zero-order valence-electron chi connectivity index (χ0n) is 13.3. The third-order valence-electron chi connectivity index (χ3n) is 3.64. The van der Waals surface area contributed by atoms with Gasteiger partial charge >= 0.3 is 0 Å². The third-order valence-corrected chi connectivity index (χ3v) is 4.76. The number of benzene rings is 2. The van der Waals surface area contributed by atoms with E-state index < -0.39 is 23.3 Å². The van der Waals surface area contributed by atoms with Crippen molar-refractivity contribution in [3.8, 4) is 0 Å². The Kier molecular flexibility index (Phi) is 4.68. The predicted molar refractivity (Wildman–Crippen MR) is 96.8 cm³/mol. The van der Waals surface area contributed by atoms with Crippen LogP contribution in [0, 0.1) is 11.6 Å². The average molecular weight is 373 g/mol. The van der Waals surface area contributed by atoms with Crippen LogP contribution in [0.2, 0.25) is 0 Å². The number of carbonyl (C=O) groups excluding carboxylic acids is 2. The van der Waals surface area contributed by atoms with Crippen molar-refractivity contribution in [1.29, 1.82) is 0 Å². The molecule has 0 spiro atoms. The molecular formula is C18H13F2N3O2S. The molecule has 1 heterocycles. The first-order valence-electron chi connectivity index (χ1n) is 7.43. The second kappa shape index (κ2) is 6.93. The molecule has 0 aliphatic carbocycles. The Morgan fingerprint density at radius 2 is 1.58 bits per heavy atom. The molecule has 26 heavy (non-hydrogen) atoms. The summed E-state index contributed by atoms with van der Waals surface area (Å²) in [7, 11) is 0. The number of halogens is 2. The van der Waals surface area contributed by atoms with Crippen molar-refractivity contribution in [3.63, 3.8) is 0 Å². The molecule has 0 aliphatic heterocycles. The highest BCUT2D eigenvalue weighted by Crippen LogP contribution is 2.39. The first kappa shape index (κ1) is 17.6. The van der Waals surface area contributed by atoms with Crippen molar-refractivity contribution >= 4 is 39.4 Å². The Hall–Kier alpha value is -3.26. The van der Waals surface area contributed by atoms with Crippen LogP contribution in [0.1, 0.15) is 25.6 Å². The highest BCUT2D eigenvalue weighted by molar-refractivity contribution is 7.19. The van der Waals surface area contributed by atoms with Crippen LogP contribution >= 0.6 is 11.3 Å². The molecule has 0 bridgehead atoms. The molecule has 5 nitrogen and oxygen atoms in total. The van der Waals surface area contributed by atoms with Crippen LogP contribution in [0.15, 0.2) is 48.5 Å². The minimum absolute atomic E-state index is 0.0530. The van der Waals surface area contributed by atoms with Gasteiger partial charge in [-0.05, 0) is 24.3 Å². The SMILES string of the molecule is NC(=O)c1c(Nc2ccccc2F)sc(C(=O)c2ccccc2F)c1N. The summed E-state index contributed by atoms with van der Waals surface area (Å²) in [4.78, 5) is 24.4. The molecular weight excluding hydrogens is 360 g/mol. The van der Waals surface area contributed by atoms with Gasteiger partial charge in [-0.3, -0.25) is 9.59 Å². The number of thiophene rings is 1. The van der Waals surface area contributed by atoms with Crippen LogP contribution in [0.25, 0.3) is 0 Å². The molecule has 0 radical (unpaired) electrons. The van der Waals surface area contributed by atoms with Crippen LogP contribution < -0.4 is 16.8 Å². The lowest BCUT2D eigenvalue weighted by molar-refractivity contribution is 0.100. The van der Waals surface area contributed by atoms with Gasteiger partial charge in [0.05, 0.1) is 22.5 Å². The molecule has 1 aromatic heterocycles. The largest absolute Gasteiger partial charge is 0.397 e. The number of para-hydroxylation sites is 1. The molecule has 0 fully saturated rings. The summed E-state index contributed by atoms with van der Waals surface area (Å²) in [5.41, 5.74) is 10.9. The van der Waals surface area contributed by atoms with Crippen molar-refractivity contribution in [1.82, 2.24) is 0 Å². The number of nitrogen functional groups attached to an aromatic ring is 1. The Morgan fingerprint density at radius 3 is 2.19 bits per heavy atom. The minimum Gasteiger partial charge on any atom is -0.397 e. The molecule has 3 aromatic rings. The summed E-state index contributed by atoms with van der Waals surface area (Å²) in [5.74, 6) is -2.84. The molecule has 5 N–H and O–H groups in total. The van der Waals surface area contributed by atoms with Crippen molar-refractivity contribution in [2.75, 3.05) is 11.1 Å². The Morgan fingerprint density at radius 1 is 0.962 bits per heavy atom. The number of carbonyl (C=O) groups is 2. The van der Waals surface area contributed by atoms with E-state index in [1.807, 2.05) is 0 Å². The summed E-state index contributed by atoms with van der Waals surface area (Å²) in [6.07, 6.45) is 0. The number of anilines is 3. The fourth-order valence-electron chi connectivity index (χ4n) is 2.40. The van der Waals surface area contributed by atoms with E-state index in [0.717, 1.165) is 17.4 Å². The second-order valence-electron chi connectivity index (χ2n) is 5.33. The summed E-state index contributed by atoms with van der Waals surface area (Å²) in [6.45, 7) is 0. The number of primary amides is 1. The van der Waals surface area contributed by atoms with Gasteiger partial charge in [0.25, 0.3) is 5.91 Å². The molecule has 1 amide bonds. The topological polar surface area (TPSA) is 98.2 Å². The monoisotopic (exact) mass is 373 g/mol. The second-order valence-corrected chi connectivity index (χ2v) is 6.35. The van der Waals surface area contributed by atoms with Gasteiger partial charge in [-0.25, -0.2) is 8.78 Å². The van der Waals surface area contributed by atoms with Gasteiger partial charge in [-0.2, -0.15) is 0 Å². The Balaban J connectivity index is 2.09. The van der Waals surface area contributed by atoms with Crippen molar-refractivity contribution in [2.24, 2.45) is 5.73 Å². The molecule has 3 rings (SSSR count). The quantitative estimate of drug-likeness (QED) is 0.594. The van der Waals surface area contributed by atoms with E-state index in [1.165, 1.54) is 36.4 Å². The van der Waals surface area contributed by atoms with E-state index in [2.05, 4.69) is 5.32 Å². The number of ketones is 1. The lowest BCUT2D eigenvalue weighted by Crippen LogP contribution is -2.15. The summed E-state index contributed by atoms with van der Waals surface area (Å²) < 4.78 is 27.8. The molecule has 0 unspecified atom stereocenters. The maximum absolute atomic E-state index is 13.9. The Labute approximate surface area is 151 Å². The van der Waals surface area contributed by atoms with Gasteiger partial charge in [0.15, 0.2) is 0 Å². The van der Waals surface area contributed by atoms with Crippen LogP contribution in [0.3, 0.4) is 0 Å². The lowest BCUT2D eigenvalue weighted by atomic mass is 10.1. The molecule has 2 aromatic carbocycles. The number of hydrogen-bond acceptors (Lipinski definition) is 5. The van der Waals surface area contributed by atoms with E-state index in [4.69, 9.17) is 11.5 Å². The van der Waals surface area contributed by atoms with Gasteiger partial charge in [0.2, 0.25) is 5.78 Å². The molecule has 132 valence electrons. The molecule has 8 heteroatoms. The molecule has 0 saturated carbocycles. The average Bonchev–Trinajstić information content (AvgIpc) is 2.93.